The summed E-state index contributed by atoms with van der Waals surface area (Å²) in [7, 11) is 0. The van der Waals surface area contributed by atoms with Crippen LogP contribution >= 0.6 is 0 Å². The van der Waals surface area contributed by atoms with Gasteiger partial charge in [0.15, 0.2) is 0 Å². The highest BCUT2D eigenvalue weighted by Gasteiger charge is 2.37. The highest BCUT2D eigenvalue weighted by Crippen LogP contribution is 2.18. The Kier molecular flexibility index (Phi) is 6.62. The lowest BCUT2D eigenvalue weighted by Gasteiger charge is -2.24. The van der Waals surface area contributed by atoms with Gasteiger partial charge in [0.1, 0.15) is 18.0 Å². The lowest BCUT2D eigenvalue weighted by molar-refractivity contribution is 0.0269. The van der Waals surface area contributed by atoms with Gasteiger partial charge in [-0.1, -0.05) is 30.3 Å². The third kappa shape index (κ3) is 5.97. The first kappa shape index (κ1) is 21.6. The Balaban J connectivity index is 1.52. The van der Waals surface area contributed by atoms with Crippen molar-refractivity contribution in [2.24, 2.45) is 0 Å². The first-order valence-corrected chi connectivity index (χ1v) is 9.95. The summed E-state index contributed by atoms with van der Waals surface area (Å²) in [5.74, 6) is 0.340. The minimum Gasteiger partial charge on any atom is -0.489 e. The molecule has 1 aliphatic rings. The molecule has 3 rings (SSSR count). The Morgan fingerprint density at radius 2 is 1.73 bits per heavy atom. The van der Waals surface area contributed by atoms with E-state index in [0.29, 0.717) is 17.9 Å². The Labute approximate surface area is 176 Å². The zero-order valence-corrected chi connectivity index (χ0v) is 17.5. The first-order valence-electron chi connectivity index (χ1n) is 9.95. The van der Waals surface area contributed by atoms with Gasteiger partial charge >= 0.3 is 6.09 Å². The topological polar surface area (TPSA) is 88.1 Å². The van der Waals surface area contributed by atoms with E-state index in [1.807, 2.05) is 30.3 Å². The molecule has 2 N–H and O–H groups in total. The van der Waals surface area contributed by atoms with Crippen molar-refractivity contribution in [2.75, 3.05) is 13.1 Å². The van der Waals surface area contributed by atoms with Crippen molar-refractivity contribution < 1.29 is 24.2 Å². The van der Waals surface area contributed by atoms with Gasteiger partial charge in [-0.3, -0.25) is 4.79 Å². The molecule has 2 amide bonds. The van der Waals surface area contributed by atoms with Gasteiger partial charge < -0.3 is 24.8 Å². The van der Waals surface area contributed by atoms with E-state index in [1.54, 1.807) is 45.0 Å². The van der Waals surface area contributed by atoms with E-state index < -0.39 is 23.8 Å². The van der Waals surface area contributed by atoms with E-state index >= 15 is 0 Å². The van der Waals surface area contributed by atoms with E-state index in [2.05, 4.69) is 5.32 Å². The zero-order valence-electron chi connectivity index (χ0n) is 17.5. The molecule has 0 unspecified atom stereocenters. The summed E-state index contributed by atoms with van der Waals surface area (Å²) in [4.78, 5) is 26.1. The summed E-state index contributed by atoms with van der Waals surface area (Å²) >= 11 is 0. The molecule has 0 radical (unpaired) electrons. The summed E-state index contributed by atoms with van der Waals surface area (Å²) in [6.07, 6.45) is -1.35. The first-order chi connectivity index (χ1) is 14.2. The predicted molar refractivity (Wildman–Crippen MR) is 112 cm³/mol. The molecule has 0 aliphatic carbocycles. The number of hydrogen-bond acceptors (Lipinski definition) is 5. The minimum absolute atomic E-state index is 0.117. The van der Waals surface area contributed by atoms with Crippen molar-refractivity contribution in [2.45, 2.75) is 45.1 Å². The summed E-state index contributed by atoms with van der Waals surface area (Å²) < 4.78 is 11.1. The van der Waals surface area contributed by atoms with Gasteiger partial charge in [0.2, 0.25) is 0 Å². The molecule has 7 heteroatoms. The summed E-state index contributed by atoms with van der Waals surface area (Å²) in [5.41, 5.74) is 0.891. The second-order valence-electron chi connectivity index (χ2n) is 8.33. The Morgan fingerprint density at radius 3 is 2.37 bits per heavy atom. The van der Waals surface area contributed by atoms with Crippen LogP contribution in [0.1, 0.15) is 36.7 Å². The van der Waals surface area contributed by atoms with Gasteiger partial charge in [-0.25, -0.2) is 4.79 Å². The highest BCUT2D eigenvalue weighted by molar-refractivity contribution is 5.94. The molecule has 2 atom stereocenters. The van der Waals surface area contributed by atoms with Gasteiger partial charge in [-0.2, -0.15) is 0 Å². The maximum atomic E-state index is 12.5. The minimum atomic E-state index is -0.852. The smallest absolute Gasteiger partial charge is 0.410 e. The van der Waals surface area contributed by atoms with Crippen molar-refractivity contribution in [3.8, 4) is 5.75 Å². The number of rotatable bonds is 5. The van der Waals surface area contributed by atoms with Crippen molar-refractivity contribution in [3.05, 3.63) is 65.7 Å². The summed E-state index contributed by atoms with van der Waals surface area (Å²) in [5, 5.41) is 13.0. The number of likely N-dealkylation sites (tertiary alicyclic amines) is 1. The zero-order chi connectivity index (χ0) is 21.7. The van der Waals surface area contributed by atoms with E-state index in [4.69, 9.17) is 9.47 Å². The number of ether oxygens (including phenoxy) is 2. The number of carbonyl (C=O) groups is 2. The van der Waals surface area contributed by atoms with Crippen LogP contribution in [0, 0.1) is 0 Å². The number of nitrogens with one attached hydrogen (secondary N) is 1. The third-order valence-corrected chi connectivity index (χ3v) is 4.62. The number of aliphatic hydroxyl groups excluding tert-OH is 1. The van der Waals surface area contributed by atoms with E-state index in [-0.39, 0.29) is 19.0 Å². The van der Waals surface area contributed by atoms with Crippen molar-refractivity contribution >= 4 is 12.0 Å². The fraction of sp³-hybridized carbons (Fsp3) is 0.391. The Hall–Kier alpha value is -3.06. The van der Waals surface area contributed by atoms with Gasteiger partial charge in [-0.05, 0) is 50.6 Å². The third-order valence-electron chi connectivity index (χ3n) is 4.62. The Bertz CT molecular complexity index is 861. The van der Waals surface area contributed by atoms with Crippen LogP contribution in [0.25, 0.3) is 0 Å². The van der Waals surface area contributed by atoms with Crippen LogP contribution in [0.2, 0.25) is 0 Å². The number of amides is 2. The van der Waals surface area contributed by atoms with Crippen LogP contribution in [0.5, 0.6) is 5.75 Å². The van der Waals surface area contributed by atoms with Crippen LogP contribution in [0.4, 0.5) is 4.79 Å². The van der Waals surface area contributed by atoms with Gasteiger partial charge in [0.25, 0.3) is 5.91 Å². The SMILES string of the molecule is CC(C)(C)OC(=O)N1C[C@H](NC(=O)c2ccc(OCc3ccccc3)cc2)[C@@H](O)C1. The van der Waals surface area contributed by atoms with Gasteiger partial charge in [0.05, 0.1) is 18.7 Å². The fourth-order valence-corrected chi connectivity index (χ4v) is 3.10. The number of carbonyl (C=O) groups excluding carboxylic acids is 2. The predicted octanol–water partition coefficient (Wildman–Crippen LogP) is 2.98. The molecule has 0 bridgehead atoms. The molecule has 0 saturated carbocycles. The molecule has 30 heavy (non-hydrogen) atoms. The molecule has 2 aromatic carbocycles. The quantitative estimate of drug-likeness (QED) is 0.788. The number of aliphatic hydroxyl groups is 1. The largest absolute Gasteiger partial charge is 0.489 e. The normalized spacial score (nSPS) is 18.7. The molecule has 160 valence electrons. The van der Waals surface area contributed by atoms with Crippen LogP contribution in [-0.2, 0) is 11.3 Å². The molecular weight excluding hydrogens is 384 g/mol. The van der Waals surface area contributed by atoms with E-state index in [0.717, 1.165) is 5.56 Å². The molecule has 1 heterocycles. The second-order valence-corrected chi connectivity index (χ2v) is 8.33. The summed E-state index contributed by atoms with van der Waals surface area (Å²) in [6, 6.07) is 16.1. The average molecular weight is 412 g/mol. The van der Waals surface area contributed by atoms with Crippen LogP contribution in [0.15, 0.2) is 54.6 Å². The maximum Gasteiger partial charge on any atom is 0.410 e. The fourth-order valence-electron chi connectivity index (χ4n) is 3.10. The number of nitrogens with zero attached hydrogens (tertiary/aromatic N) is 1. The standard InChI is InChI=1S/C23H28N2O5/c1-23(2,3)30-22(28)25-13-19(20(26)14-25)24-21(27)17-9-11-18(12-10-17)29-15-16-7-5-4-6-8-16/h4-12,19-20,26H,13-15H2,1-3H3,(H,24,27)/t19-,20-/m0/s1. The molecule has 1 saturated heterocycles. The van der Waals surface area contributed by atoms with Gasteiger partial charge in [0, 0.05) is 12.1 Å². The monoisotopic (exact) mass is 412 g/mol. The van der Waals surface area contributed by atoms with Crippen molar-refractivity contribution in [1.29, 1.82) is 0 Å². The van der Waals surface area contributed by atoms with E-state index in [1.165, 1.54) is 4.90 Å². The molecular formula is C23H28N2O5. The summed E-state index contributed by atoms with van der Waals surface area (Å²) in [6.45, 7) is 6.10. The molecule has 2 aromatic rings. The molecule has 7 nitrogen and oxygen atoms in total. The van der Waals surface area contributed by atoms with Crippen LogP contribution in [0.3, 0.4) is 0 Å². The average Bonchev–Trinajstić information content (AvgIpc) is 3.07. The maximum absolute atomic E-state index is 12.5. The van der Waals surface area contributed by atoms with Crippen molar-refractivity contribution in [1.82, 2.24) is 10.2 Å². The number of β-amino-alcohol motifs (C(OH)–C–C–N with tert-alkyl or cyclic N) is 1. The number of benzene rings is 2. The van der Waals surface area contributed by atoms with Crippen molar-refractivity contribution in [3.63, 3.8) is 0 Å². The molecule has 1 aliphatic heterocycles. The van der Waals surface area contributed by atoms with E-state index in [9.17, 15) is 14.7 Å². The molecule has 0 aromatic heterocycles. The van der Waals surface area contributed by atoms with Gasteiger partial charge in [-0.15, -0.1) is 0 Å². The highest BCUT2D eigenvalue weighted by atomic mass is 16.6. The lowest BCUT2D eigenvalue weighted by Crippen LogP contribution is -2.43. The number of hydrogen-bond donors (Lipinski definition) is 2. The van der Waals surface area contributed by atoms with Crippen LogP contribution < -0.4 is 10.1 Å². The second kappa shape index (κ2) is 9.17. The lowest BCUT2D eigenvalue weighted by atomic mass is 10.1. The molecule has 1 fully saturated rings. The Morgan fingerprint density at radius 1 is 1.07 bits per heavy atom. The van der Waals surface area contributed by atoms with Crippen LogP contribution in [-0.4, -0.2) is 52.8 Å². The molecule has 0 spiro atoms.